The first-order valence-electron chi connectivity index (χ1n) is 10.3. The zero-order valence-electron chi connectivity index (χ0n) is 18.8. The first kappa shape index (κ1) is 21.9. The second-order valence-electron chi connectivity index (χ2n) is 8.58. The summed E-state index contributed by atoms with van der Waals surface area (Å²) in [5.74, 6) is 0.648. The molecule has 0 aliphatic carbocycles. The molecule has 10 nitrogen and oxygen atoms in total. The fraction of sp³-hybridized carbons (Fsp3) is 0.217. The Bertz CT molecular complexity index is 1330. The number of imidazole rings is 2. The number of ether oxygens (including phenoxy) is 1. The molecule has 2 aromatic carbocycles. The van der Waals surface area contributed by atoms with Gasteiger partial charge in [-0.15, -0.1) is 0 Å². The van der Waals surface area contributed by atoms with Crippen LogP contribution < -0.4 is 16.4 Å². The third-order valence-corrected chi connectivity index (χ3v) is 4.63. The number of carbonyl (C=O) groups is 2. The Kier molecular flexibility index (Phi) is 5.50. The first-order chi connectivity index (χ1) is 15.6. The molecule has 2 aromatic heterocycles. The molecule has 10 heteroatoms. The van der Waals surface area contributed by atoms with E-state index >= 15 is 0 Å². The van der Waals surface area contributed by atoms with Crippen LogP contribution in [0.25, 0.3) is 22.4 Å². The summed E-state index contributed by atoms with van der Waals surface area (Å²) >= 11 is 0. The van der Waals surface area contributed by atoms with Crippen LogP contribution in [0.3, 0.4) is 0 Å². The quantitative estimate of drug-likeness (QED) is 0.347. The molecule has 5 N–H and O–H groups in total. The van der Waals surface area contributed by atoms with Gasteiger partial charge in [0.2, 0.25) is 5.82 Å². The highest BCUT2D eigenvalue weighted by Gasteiger charge is 2.19. The van der Waals surface area contributed by atoms with E-state index in [1.165, 1.54) is 10.8 Å². The molecule has 2 amide bonds. The third kappa shape index (κ3) is 5.12. The van der Waals surface area contributed by atoms with E-state index in [1.807, 2.05) is 24.3 Å². The second-order valence-corrected chi connectivity index (χ2v) is 8.58. The van der Waals surface area contributed by atoms with E-state index in [4.69, 9.17) is 10.5 Å². The predicted octanol–water partition coefficient (Wildman–Crippen LogP) is 4.14. The van der Waals surface area contributed by atoms with Crippen LogP contribution in [0.4, 0.5) is 22.0 Å². The zero-order valence-corrected chi connectivity index (χ0v) is 18.8. The standard InChI is InChI=1S/C23H25N7O3/c1-23(2,3)33-22(32)29-18-12-30(4)20(28-18)21(31)25-15-8-5-13(6-9-15)19-26-16-10-7-14(24)11-17(16)27-19/h5-12H,24H2,1-4H3,(H,25,31)(H,26,27)(H,29,32). The van der Waals surface area contributed by atoms with Crippen molar-refractivity contribution in [3.05, 3.63) is 54.5 Å². The van der Waals surface area contributed by atoms with E-state index < -0.39 is 17.6 Å². The molecule has 170 valence electrons. The van der Waals surface area contributed by atoms with Crippen LogP contribution in [-0.2, 0) is 11.8 Å². The van der Waals surface area contributed by atoms with Crippen molar-refractivity contribution in [2.75, 3.05) is 16.4 Å². The van der Waals surface area contributed by atoms with Gasteiger partial charge in [0, 0.05) is 30.2 Å². The number of amides is 2. The average molecular weight is 447 g/mol. The maximum Gasteiger partial charge on any atom is 0.413 e. The van der Waals surface area contributed by atoms with Crippen molar-refractivity contribution in [1.82, 2.24) is 19.5 Å². The number of aromatic nitrogens is 4. The van der Waals surface area contributed by atoms with Crippen molar-refractivity contribution in [3.8, 4) is 11.4 Å². The van der Waals surface area contributed by atoms with E-state index in [-0.39, 0.29) is 11.6 Å². The van der Waals surface area contributed by atoms with Gasteiger partial charge in [0.05, 0.1) is 11.0 Å². The smallest absolute Gasteiger partial charge is 0.413 e. The Morgan fingerprint density at radius 3 is 2.48 bits per heavy atom. The minimum atomic E-state index is -0.642. The van der Waals surface area contributed by atoms with Crippen molar-refractivity contribution >= 4 is 40.2 Å². The van der Waals surface area contributed by atoms with Gasteiger partial charge in [0.25, 0.3) is 5.91 Å². The molecule has 0 aliphatic heterocycles. The molecular formula is C23H25N7O3. The number of nitrogen functional groups attached to an aromatic ring is 1. The van der Waals surface area contributed by atoms with Crippen LogP contribution in [0.2, 0.25) is 0 Å². The van der Waals surface area contributed by atoms with Crippen molar-refractivity contribution in [3.63, 3.8) is 0 Å². The minimum Gasteiger partial charge on any atom is -0.444 e. The number of anilines is 3. The Labute approximate surface area is 190 Å². The molecule has 33 heavy (non-hydrogen) atoms. The number of nitrogens with two attached hydrogens (primary N) is 1. The number of H-pyrrole nitrogens is 1. The summed E-state index contributed by atoms with van der Waals surface area (Å²) in [5, 5.41) is 5.33. The molecule has 0 spiro atoms. The molecule has 0 saturated carbocycles. The molecule has 0 fully saturated rings. The number of carbonyl (C=O) groups excluding carboxylic acids is 2. The van der Waals surface area contributed by atoms with Gasteiger partial charge in [-0.1, -0.05) is 0 Å². The van der Waals surface area contributed by atoms with Crippen LogP contribution in [0, 0.1) is 0 Å². The number of aromatic amines is 1. The number of aryl methyl sites for hydroxylation is 1. The van der Waals surface area contributed by atoms with Gasteiger partial charge in [-0.25, -0.2) is 14.8 Å². The van der Waals surface area contributed by atoms with Crippen molar-refractivity contribution in [2.45, 2.75) is 26.4 Å². The SMILES string of the molecule is Cn1cc(NC(=O)OC(C)(C)C)nc1C(=O)Nc1ccc(-c2nc3ccc(N)cc3[nH]2)cc1. The largest absolute Gasteiger partial charge is 0.444 e. The molecule has 0 aliphatic rings. The molecule has 4 aromatic rings. The van der Waals surface area contributed by atoms with Gasteiger partial charge >= 0.3 is 6.09 Å². The normalized spacial score (nSPS) is 11.4. The molecule has 0 atom stereocenters. The molecule has 0 bridgehead atoms. The van der Waals surface area contributed by atoms with Crippen LogP contribution in [-0.4, -0.2) is 37.1 Å². The number of hydrogen-bond acceptors (Lipinski definition) is 6. The van der Waals surface area contributed by atoms with Crippen LogP contribution >= 0.6 is 0 Å². The molecular weight excluding hydrogens is 422 g/mol. The fourth-order valence-electron chi connectivity index (χ4n) is 3.21. The van der Waals surface area contributed by atoms with Crippen molar-refractivity contribution < 1.29 is 14.3 Å². The highest BCUT2D eigenvalue weighted by Crippen LogP contribution is 2.23. The van der Waals surface area contributed by atoms with E-state index in [9.17, 15) is 9.59 Å². The fourth-order valence-corrected chi connectivity index (χ4v) is 3.21. The number of nitrogens with zero attached hydrogens (tertiary/aromatic N) is 3. The Hall–Kier alpha value is -4.34. The van der Waals surface area contributed by atoms with E-state index in [1.54, 1.807) is 46.0 Å². The first-order valence-corrected chi connectivity index (χ1v) is 10.3. The maximum atomic E-state index is 12.7. The van der Waals surface area contributed by atoms with Crippen LogP contribution in [0.5, 0.6) is 0 Å². The van der Waals surface area contributed by atoms with Crippen LogP contribution in [0.1, 0.15) is 31.4 Å². The lowest BCUT2D eigenvalue weighted by atomic mass is 10.2. The summed E-state index contributed by atoms with van der Waals surface area (Å²) in [6.45, 7) is 5.29. The topological polar surface area (TPSA) is 140 Å². The molecule has 4 rings (SSSR count). The van der Waals surface area contributed by atoms with Crippen molar-refractivity contribution in [2.24, 2.45) is 7.05 Å². The number of rotatable bonds is 4. The summed E-state index contributed by atoms with van der Waals surface area (Å²) in [5.41, 5.74) is 8.98. The Balaban J connectivity index is 1.44. The number of nitrogens with one attached hydrogen (secondary N) is 3. The molecule has 0 saturated heterocycles. The number of fused-ring (bicyclic) bond motifs is 1. The average Bonchev–Trinajstić information content (AvgIpc) is 3.29. The maximum absolute atomic E-state index is 12.7. The van der Waals surface area contributed by atoms with E-state index in [0.717, 1.165) is 16.6 Å². The van der Waals surface area contributed by atoms with Crippen molar-refractivity contribution in [1.29, 1.82) is 0 Å². The summed E-state index contributed by atoms with van der Waals surface area (Å²) in [7, 11) is 1.67. The summed E-state index contributed by atoms with van der Waals surface area (Å²) in [6.07, 6.45) is 0.896. The number of benzene rings is 2. The highest BCUT2D eigenvalue weighted by atomic mass is 16.6. The monoisotopic (exact) mass is 447 g/mol. The third-order valence-electron chi connectivity index (χ3n) is 4.63. The lowest BCUT2D eigenvalue weighted by Gasteiger charge is -2.18. The van der Waals surface area contributed by atoms with Gasteiger partial charge in [0.15, 0.2) is 5.82 Å². The van der Waals surface area contributed by atoms with Gasteiger partial charge in [-0.2, -0.15) is 0 Å². The van der Waals surface area contributed by atoms with E-state index in [0.29, 0.717) is 17.2 Å². The van der Waals surface area contributed by atoms with Gasteiger partial charge in [-0.3, -0.25) is 10.1 Å². The predicted molar refractivity (Wildman–Crippen MR) is 127 cm³/mol. The minimum absolute atomic E-state index is 0.139. The summed E-state index contributed by atoms with van der Waals surface area (Å²) < 4.78 is 6.73. The highest BCUT2D eigenvalue weighted by molar-refractivity contribution is 6.02. The summed E-state index contributed by atoms with van der Waals surface area (Å²) in [6, 6.07) is 12.7. The molecule has 0 unspecified atom stereocenters. The lowest BCUT2D eigenvalue weighted by molar-refractivity contribution is 0.0635. The van der Waals surface area contributed by atoms with Gasteiger partial charge in [-0.05, 0) is 63.2 Å². The van der Waals surface area contributed by atoms with Crippen LogP contribution in [0.15, 0.2) is 48.7 Å². The molecule has 0 radical (unpaired) electrons. The molecule has 2 heterocycles. The van der Waals surface area contributed by atoms with Gasteiger partial charge < -0.3 is 25.3 Å². The Morgan fingerprint density at radius 2 is 1.79 bits per heavy atom. The van der Waals surface area contributed by atoms with E-state index in [2.05, 4.69) is 25.6 Å². The van der Waals surface area contributed by atoms with Gasteiger partial charge in [0.1, 0.15) is 11.4 Å². The lowest BCUT2D eigenvalue weighted by Crippen LogP contribution is -2.27. The summed E-state index contributed by atoms with van der Waals surface area (Å²) in [4.78, 5) is 36.6. The number of hydrogen-bond donors (Lipinski definition) is 4. The zero-order chi connectivity index (χ0) is 23.8. The Morgan fingerprint density at radius 1 is 1.06 bits per heavy atom. The second kappa shape index (κ2) is 8.30.